The first-order valence-electron chi connectivity index (χ1n) is 9.41. The number of benzene rings is 2. The van der Waals surface area contributed by atoms with Gasteiger partial charge in [-0.25, -0.2) is 9.07 Å². The molecule has 0 fully saturated rings. The van der Waals surface area contributed by atoms with Gasteiger partial charge in [-0.05, 0) is 67.6 Å². The number of halogens is 1. The largest absolute Gasteiger partial charge is 0.454 e. The summed E-state index contributed by atoms with van der Waals surface area (Å²) < 4.78 is 22.4. The van der Waals surface area contributed by atoms with Crippen LogP contribution in [0.2, 0.25) is 0 Å². The summed E-state index contributed by atoms with van der Waals surface area (Å²) in [4.78, 5) is 12.4. The molecular formula is C23H21FN2O3S. The van der Waals surface area contributed by atoms with Crippen molar-refractivity contribution in [3.63, 3.8) is 0 Å². The molecule has 0 saturated heterocycles. The third kappa shape index (κ3) is 3.62. The van der Waals surface area contributed by atoms with E-state index in [2.05, 4.69) is 5.10 Å². The highest BCUT2D eigenvalue weighted by atomic mass is 32.1. The molecule has 0 aliphatic rings. The molecule has 0 aliphatic carbocycles. The highest BCUT2D eigenvalue weighted by molar-refractivity contribution is 7.17. The number of aryl methyl sites for hydroxylation is 2. The zero-order valence-corrected chi connectivity index (χ0v) is 17.9. The van der Waals surface area contributed by atoms with Crippen LogP contribution >= 0.6 is 11.3 Å². The normalized spacial score (nSPS) is 11.8. The molecule has 154 valence electrons. The number of hydrogen-bond donors (Lipinski definition) is 1. The SMILES string of the molecule is Cc1ccc(Oc2ccc(C(C)(C)O)cc2-c2nn(C)c(=O)c3ccsc23)c(F)c1. The molecule has 0 atom stereocenters. The number of thiophene rings is 1. The molecule has 1 N–H and O–H groups in total. The van der Waals surface area contributed by atoms with Crippen molar-refractivity contribution in [3.8, 4) is 22.8 Å². The minimum atomic E-state index is -1.10. The van der Waals surface area contributed by atoms with Crippen LogP contribution in [0.3, 0.4) is 0 Å². The maximum absolute atomic E-state index is 14.4. The first kappa shape index (κ1) is 20.3. The van der Waals surface area contributed by atoms with Gasteiger partial charge in [-0.2, -0.15) is 5.10 Å². The van der Waals surface area contributed by atoms with E-state index in [4.69, 9.17) is 4.74 Å². The number of aliphatic hydroxyl groups is 1. The molecule has 0 unspecified atom stereocenters. The predicted molar refractivity (Wildman–Crippen MR) is 117 cm³/mol. The summed E-state index contributed by atoms with van der Waals surface area (Å²) in [6.45, 7) is 5.17. The lowest BCUT2D eigenvalue weighted by Gasteiger charge is -2.21. The smallest absolute Gasteiger partial charge is 0.275 e. The zero-order chi connectivity index (χ0) is 21.6. The van der Waals surface area contributed by atoms with Gasteiger partial charge in [0, 0.05) is 12.6 Å². The molecule has 0 amide bonds. The van der Waals surface area contributed by atoms with Crippen LogP contribution in [0.1, 0.15) is 25.0 Å². The Morgan fingerprint density at radius 3 is 2.57 bits per heavy atom. The molecule has 4 aromatic rings. The molecule has 7 heteroatoms. The van der Waals surface area contributed by atoms with E-state index in [1.807, 2.05) is 5.38 Å². The monoisotopic (exact) mass is 424 g/mol. The number of nitrogens with zero attached hydrogens (tertiary/aromatic N) is 2. The Bertz CT molecular complexity index is 1320. The van der Waals surface area contributed by atoms with Crippen LogP contribution in [0.25, 0.3) is 21.3 Å². The van der Waals surface area contributed by atoms with Gasteiger partial charge in [-0.1, -0.05) is 12.1 Å². The Morgan fingerprint density at radius 1 is 1.13 bits per heavy atom. The molecule has 2 heterocycles. The first-order chi connectivity index (χ1) is 14.1. The maximum Gasteiger partial charge on any atom is 0.275 e. The van der Waals surface area contributed by atoms with Gasteiger partial charge in [-0.15, -0.1) is 11.3 Å². The van der Waals surface area contributed by atoms with E-state index in [1.165, 1.54) is 22.1 Å². The van der Waals surface area contributed by atoms with Crippen LogP contribution in [-0.2, 0) is 12.6 Å². The Labute approximate surface area is 177 Å². The molecule has 0 radical (unpaired) electrons. The fourth-order valence-corrected chi connectivity index (χ4v) is 4.13. The highest BCUT2D eigenvalue weighted by Crippen LogP contribution is 2.39. The van der Waals surface area contributed by atoms with Crippen LogP contribution in [0.5, 0.6) is 11.5 Å². The molecule has 30 heavy (non-hydrogen) atoms. The van der Waals surface area contributed by atoms with E-state index < -0.39 is 11.4 Å². The van der Waals surface area contributed by atoms with Crippen molar-refractivity contribution in [1.29, 1.82) is 0 Å². The van der Waals surface area contributed by atoms with Gasteiger partial charge >= 0.3 is 0 Å². The van der Waals surface area contributed by atoms with Gasteiger partial charge in [0.2, 0.25) is 0 Å². The van der Waals surface area contributed by atoms with Crippen LogP contribution < -0.4 is 10.3 Å². The van der Waals surface area contributed by atoms with E-state index >= 15 is 0 Å². The van der Waals surface area contributed by atoms with Crippen molar-refractivity contribution in [2.24, 2.45) is 7.05 Å². The van der Waals surface area contributed by atoms with E-state index in [1.54, 1.807) is 64.2 Å². The molecule has 0 bridgehead atoms. The Kier molecular flexibility index (Phi) is 4.95. The van der Waals surface area contributed by atoms with Crippen LogP contribution in [0, 0.1) is 12.7 Å². The Morgan fingerprint density at radius 2 is 1.87 bits per heavy atom. The second-order valence-corrected chi connectivity index (χ2v) is 8.66. The average molecular weight is 424 g/mol. The topological polar surface area (TPSA) is 64.3 Å². The van der Waals surface area contributed by atoms with Gasteiger partial charge in [0.05, 0.1) is 15.7 Å². The molecule has 2 aromatic heterocycles. The van der Waals surface area contributed by atoms with E-state index in [0.717, 1.165) is 5.56 Å². The standard InChI is InChI=1S/C23H21FN2O3S/c1-13-5-7-19(17(24)11-13)29-18-8-6-14(23(2,3)28)12-16(18)20-21-15(9-10-30-21)22(27)26(4)25-20/h5-12,28H,1-4H3. The van der Waals surface area contributed by atoms with Gasteiger partial charge < -0.3 is 9.84 Å². The summed E-state index contributed by atoms with van der Waals surface area (Å²) in [7, 11) is 1.59. The fraction of sp³-hybridized carbons (Fsp3) is 0.217. The number of ether oxygens (including phenoxy) is 1. The van der Waals surface area contributed by atoms with Crippen LogP contribution in [-0.4, -0.2) is 14.9 Å². The molecule has 5 nitrogen and oxygen atoms in total. The third-order valence-electron chi connectivity index (χ3n) is 4.90. The maximum atomic E-state index is 14.4. The van der Waals surface area contributed by atoms with E-state index in [-0.39, 0.29) is 11.3 Å². The lowest BCUT2D eigenvalue weighted by Crippen LogP contribution is -2.20. The van der Waals surface area contributed by atoms with Crippen LogP contribution in [0.15, 0.2) is 52.6 Å². The highest BCUT2D eigenvalue weighted by Gasteiger charge is 2.22. The summed E-state index contributed by atoms with van der Waals surface area (Å²) in [5.74, 6) is -0.00101. The summed E-state index contributed by atoms with van der Waals surface area (Å²) in [6, 6.07) is 11.7. The molecule has 4 rings (SSSR count). The summed E-state index contributed by atoms with van der Waals surface area (Å²) >= 11 is 1.40. The van der Waals surface area contributed by atoms with Crippen LogP contribution in [0.4, 0.5) is 4.39 Å². The summed E-state index contributed by atoms with van der Waals surface area (Å²) in [5, 5.41) is 17.4. The molecule has 0 aliphatic heterocycles. The quantitative estimate of drug-likeness (QED) is 0.493. The number of fused-ring (bicyclic) bond motifs is 1. The van der Waals surface area contributed by atoms with Crippen molar-refractivity contribution in [1.82, 2.24) is 9.78 Å². The fourth-order valence-electron chi connectivity index (χ4n) is 3.24. The lowest BCUT2D eigenvalue weighted by molar-refractivity contribution is 0.0786. The number of aromatic nitrogens is 2. The van der Waals surface area contributed by atoms with Gasteiger partial charge in [0.1, 0.15) is 11.4 Å². The molecule has 0 saturated carbocycles. The predicted octanol–water partition coefficient (Wildman–Crippen LogP) is 5.13. The molecule has 2 aromatic carbocycles. The lowest BCUT2D eigenvalue weighted by atomic mass is 9.95. The Hall–Kier alpha value is -3.03. The van der Waals surface area contributed by atoms with E-state index in [9.17, 15) is 14.3 Å². The third-order valence-corrected chi connectivity index (χ3v) is 5.82. The second-order valence-electron chi connectivity index (χ2n) is 7.75. The summed E-state index contributed by atoms with van der Waals surface area (Å²) in [5.41, 5.74) is 1.25. The number of rotatable bonds is 4. The van der Waals surface area contributed by atoms with Gasteiger partial charge in [0.25, 0.3) is 5.56 Å². The van der Waals surface area contributed by atoms with Gasteiger partial charge in [-0.3, -0.25) is 4.79 Å². The zero-order valence-electron chi connectivity index (χ0n) is 17.1. The van der Waals surface area contributed by atoms with Crippen molar-refractivity contribution >= 4 is 21.4 Å². The van der Waals surface area contributed by atoms with Gasteiger partial charge in [0.15, 0.2) is 11.6 Å². The minimum Gasteiger partial charge on any atom is -0.454 e. The minimum absolute atomic E-state index is 0.0881. The number of hydrogen-bond acceptors (Lipinski definition) is 5. The first-order valence-corrected chi connectivity index (χ1v) is 10.3. The average Bonchev–Trinajstić information content (AvgIpc) is 3.16. The van der Waals surface area contributed by atoms with Crippen molar-refractivity contribution < 1.29 is 14.2 Å². The second kappa shape index (κ2) is 7.34. The van der Waals surface area contributed by atoms with E-state index in [0.29, 0.717) is 32.7 Å². The van der Waals surface area contributed by atoms with Crippen molar-refractivity contribution in [3.05, 3.63) is 75.1 Å². The van der Waals surface area contributed by atoms with Crippen molar-refractivity contribution in [2.45, 2.75) is 26.4 Å². The molecule has 0 spiro atoms. The molecular weight excluding hydrogens is 403 g/mol. The Balaban J connectivity index is 1.96. The summed E-state index contributed by atoms with van der Waals surface area (Å²) in [6.07, 6.45) is 0. The van der Waals surface area contributed by atoms with Crippen molar-refractivity contribution in [2.75, 3.05) is 0 Å².